The molecule has 0 fully saturated rings. The number of hydrogen-bond donors (Lipinski definition) is 2. The smallest absolute Gasteiger partial charge is 0.416 e. The molecule has 0 amide bonds. The number of ether oxygens (including phenoxy) is 1. The van der Waals surface area contributed by atoms with Crippen LogP contribution in [-0.2, 0) is 29.2 Å². The van der Waals surface area contributed by atoms with Crippen LogP contribution in [0.15, 0.2) is 71.6 Å². The second-order valence-electron chi connectivity index (χ2n) is 7.07. The highest BCUT2D eigenvalue weighted by Gasteiger charge is 2.32. The van der Waals surface area contributed by atoms with Crippen LogP contribution < -0.4 is 9.46 Å². The molecular weight excluding hydrogens is 459 g/mol. The Kier molecular flexibility index (Phi) is 6.97. The molecule has 10 heteroatoms. The average molecular weight is 479 g/mol. The molecule has 0 radical (unpaired) electrons. The lowest BCUT2D eigenvalue weighted by atomic mass is 10.1. The molecule has 0 bridgehead atoms. The maximum atomic E-state index is 13.2. The Balaban J connectivity index is 1.93. The number of anilines is 1. The third-order valence-corrected chi connectivity index (χ3v) is 6.26. The molecule has 0 aliphatic heterocycles. The molecule has 33 heavy (non-hydrogen) atoms. The van der Waals surface area contributed by atoms with E-state index in [9.17, 15) is 26.4 Å². The number of carboxylic acids is 1. The van der Waals surface area contributed by atoms with E-state index in [2.05, 4.69) is 4.72 Å². The van der Waals surface area contributed by atoms with Gasteiger partial charge in [0.2, 0.25) is 0 Å². The van der Waals surface area contributed by atoms with Crippen molar-refractivity contribution in [3.63, 3.8) is 0 Å². The first kappa shape index (κ1) is 24.1. The lowest BCUT2D eigenvalue weighted by molar-refractivity contribution is -0.137. The van der Waals surface area contributed by atoms with Crippen molar-refractivity contribution >= 4 is 21.7 Å². The van der Waals surface area contributed by atoms with Gasteiger partial charge in [0.1, 0.15) is 12.4 Å². The number of nitrogens with one attached hydrogen (secondary N) is 1. The van der Waals surface area contributed by atoms with Crippen molar-refractivity contribution < 1.29 is 36.2 Å². The van der Waals surface area contributed by atoms with Crippen LogP contribution >= 0.6 is 0 Å². The molecule has 0 saturated carbocycles. The number of rotatable bonds is 8. The number of sulfonamides is 1. The van der Waals surface area contributed by atoms with E-state index in [1.807, 2.05) is 0 Å². The Labute approximate surface area is 188 Å². The quantitative estimate of drug-likeness (QED) is 0.455. The highest BCUT2D eigenvalue weighted by atomic mass is 32.2. The molecular formula is C23H20F3NO5S. The number of aryl methyl sites for hydroxylation is 1. The van der Waals surface area contributed by atoms with Crippen LogP contribution in [0.25, 0.3) is 0 Å². The van der Waals surface area contributed by atoms with E-state index in [-0.39, 0.29) is 28.5 Å². The predicted molar refractivity (Wildman–Crippen MR) is 116 cm³/mol. The van der Waals surface area contributed by atoms with Crippen LogP contribution in [0.1, 0.15) is 34.0 Å². The SMILES string of the molecule is CCc1ccccc1S(=O)(=O)Nc1ccc(C(F)(F)F)cc1OCc1ccc(C(=O)O)cc1. The summed E-state index contributed by atoms with van der Waals surface area (Å²) in [5, 5.41) is 8.96. The average Bonchev–Trinajstić information content (AvgIpc) is 2.77. The van der Waals surface area contributed by atoms with Gasteiger partial charge in [0, 0.05) is 0 Å². The minimum absolute atomic E-state index is 0.0163. The van der Waals surface area contributed by atoms with Gasteiger partial charge >= 0.3 is 12.1 Å². The summed E-state index contributed by atoms with van der Waals surface area (Å²) < 4.78 is 73.4. The van der Waals surface area contributed by atoms with Gasteiger partial charge in [-0.15, -0.1) is 0 Å². The van der Waals surface area contributed by atoms with Crippen molar-refractivity contribution in [2.75, 3.05) is 4.72 Å². The standard InChI is InChI=1S/C23H20F3NO5S/c1-2-16-5-3-4-6-21(16)33(30,31)27-19-12-11-18(23(24,25)26)13-20(19)32-14-15-7-9-17(10-8-15)22(28)29/h3-13,27H,2,14H2,1H3,(H,28,29). The van der Waals surface area contributed by atoms with Crippen LogP contribution in [0.3, 0.4) is 0 Å². The molecule has 0 aromatic heterocycles. The first-order valence-electron chi connectivity index (χ1n) is 9.78. The molecule has 6 nitrogen and oxygen atoms in total. The fourth-order valence-electron chi connectivity index (χ4n) is 3.06. The number of halogens is 3. The van der Waals surface area contributed by atoms with E-state index in [0.717, 1.165) is 18.2 Å². The normalized spacial score (nSPS) is 11.8. The summed E-state index contributed by atoms with van der Waals surface area (Å²) in [7, 11) is -4.10. The highest BCUT2D eigenvalue weighted by Crippen LogP contribution is 2.36. The Morgan fingerprint density at radius 3 is 2.30 bits per heavy atom. The van der Waals surface area contributed by atoms with Crippen molar-refractivity contribution in [3.05, 3.63) is 89.0 Å². The van der Waals surface area contributed by atoms with Crippen molar-refractivity contribution in [2.24, 2.45) is 0 Å². The zero-order valence-corrected chi connectivity index (χ0v) is 18.2. The summed E-state index contributed by atoms with van der Waals surface area (Å²) in [6.45, 7) is 1.58. The van der Waals surface area contributed by atoms with Crippen molar-refractivity contribution in [3.8, 4) is 5.75 Å². The molecule has 3 rings (SSSR count). The van der Waals surface area contributed by atoms with Crippen LogP contribution in [0.5, 0.6) is 5.75 Å². The topological polar surface area (TPSA) is 92.7 Å². The minimum Gasteiger partial charge on any atom is -0.487 e. The molecule has 0 aliphatic carbocycles. The fourth-order valence-corrected chi connectivity index (χ4v) is 4.45. The summed E-state index contributed by atoms with van der Waals surface area (Å²) in [6.07, 6.45) is -4.22. The van der Waals surface area contributed by atoms with E-state index in [0.29, 0.717) is 17.5 Å². The zero-order chi connectivity index (χ0) is 24.2. The third-order valence-electron chi connectivity index (χ3n) is 4.79. The molecule has 2 N–H and O–H groups in total. The second-order valence-corrected chi connectivity index (χ2v) is 8.72. The summed E-state index contributed by atoms with van der Waals surface area (Å²) >= 11 is 0. The molecule has 174 valence electrons. The van der Waals surface area contributed by atoms with Gasteiger partial charge in [-0.25, -0.2) is 13.2 Å². The van der Waals surface area contributed by atoms with Crippen LogP contribution in [-0.4, -0.2) is 19.5 Å². The molecule has 0 heterocycles. The van der Waals surface area contributed by atoms with Gasteiger partial charge in [0.25, 0.3) is 10.0 Å². The first-order chi connectivity index (χ1) is 15.5. The molecule has 0 unspecified atom stereocenters. The number of hydrogen-bond acceptors (Lipinski definition) is 4. The van der Waals surface area contributed by atoms with Gasteiger partial charge in [0.15, 0.2) is 0 Å². The van der Waals surface area contributed by atoms with Crippen molar-refractivity contribution in [1.82, 2.24) is 0 Å². The molecule has 0 atom stereocenters. The van der Waals surface area contributed by atoms with E-state index >= 15 is 0 Å². The second kappa shape index (κ2) is 9.53. The summed E-state index contributed by atoms with van der Waals surface area (Å²) in [6, 6.07) is 14.4. The van der Waals surface area contributed by atoms with Gasteiger partial charge in [-0.1, -0.05) is 37.3 Å². The molecule has 0 saturated heterocycles. The molecule has 3 aromatic rings. The molecule has 0 spiro atoms. The highest BCUT2D eigenvalue weighted by molar-refractivity contribution is 7.92. The van der Waals surface area contributed by atoms with E-state index in [1.54, 1.807) is 25.1 Å². The fraction of sp³-hybridized carbons (Fsp3) is 0.174. The van der Waals surface area contributed by atoms with Crippen molar-refractivity contribution in [2.45, 2.75) is 31.0 Å². The van der Waals surface area contributed by atoms with E-state index in [4.69, 9.17) is 9.84 Å². The molecule has 0 aliphatic rings. The summed E-state index contributed by atoms with van der Waals surface area (Å²) in [4.78, 5) is 11.0. The maximum absolute atomic E-state index is 13.2. The minimum atomic E-state index is -4.66. The number of carboxylic acid groups (broad SMARTS) is 1. The van der Waals surface area contributed by atoms with Crippen molar-refractivity contribution in [1.29, 1.82) is 0 Å². The lowest BCUT2D eigenvalue weighted by Gasteiger charge is -2.17. The van der Waals surface area contributed by atoms with E-state index in [1.165, 1.54) is 30.3 Å². The van der Waals surface area contributed by atoms with E-state index < -0.39 is 27.7 Å². The Morgan fingerprint density at radius 1 is 1.03 bits per heavy atom. The van der Waals surface area contributed by atoms with Crippen LogP contribution in [0, 0.1) is 0 Å². The maximum Gasteiger partial charge on any atom is 0.416 e. The predicted octanol–water partition coefficient (Wildman–Crippen LogP) is 5.35. The summed E-state index contributed by atoms with van der Waals surface area (Å²) in [5.41, 5.74) is -0.0759. The zero-order valence-electron chi connectivity index (χ0n) is 17.4. The number of carbonyl (C=O) groups is 1. The Bertz CT molecular complexity index is 1260. The van der Waals surface area contributed by atoms with Crippen LogP contribution in [0.2, 0.25) is 0 Å². The van der Waals surface area contributed by atoms with Gasteiger partial charge in [-0.2, -0.15) is 13.2 Å². The monoisotopic (exact) mass is 479 g/mol. The largest absolute Gasteiger partial charge is 0.487 e. The third kappa shape index (κ3) is 5.83. The van der Waals surface area contributed by atoms with Gasteiger partial charge in [-0.05, 0) is 53.9 Å². The molecule has 3 aromatic carbocycles. The number of alkyl halides is 3. The Morgan fingerprint density at radius 2 is 1.70 bits per heavy atom. The first-order valence-corrected chi connectivity index (χ1v) is 11.3. The summed E-state index contributed by atoms with van der Waals surface area (Å²) in [5.74, 6) is -1.44. The van der Waals surface area contributed by atoms with Gasteiger partial charge in [-0.3, -0.25) is 4.72 Å². The number of benzene rings is 3. The Hall–Kier alpha value is -3.53. The number of aromatic carboxylic acids is 1. The van der Waals surface area contributed by atoms with Crippen LogP contribution in [0.4, 0.5) is 18.9 Å². The van der Waals surface area contributed by atoms with Gasteiger partial charge in [0.05, 0.1) is 21.7 Å². The lowest BCUT2D eigenvalue weighted by Crippen LogP contribution is -2.16. The van der Waals surface area contributed by atoms with Gasteiger partial charge < -0.3 is 9.84 Å².